The van der Waals surface area contributed by atoms with E-state index in [1.165, 1.54) is 23.3 Å². The first-order valence-corrected chi connectivity index (χ1v) is 6.07. The van der Waals surface area contributed by atoms with Crippen molar-refractivity contribution in [3.05, 3.63) is 60.7 Å². The molecule has 0 aliphatic carbocycles. The second kappa shape index (κ2) is 5.41. The molecule has 104 valence electrons. The van der Waals surface area contributed by atoms with Gasteiger partial charge in [0.25, 0.3) is 0 Å². The largest absolute Gasteiger partial charge is 0.476 e. The van der Waals surface area contributed by atoms with Crippen LogP contribution in [0.3, 0.4) is 0 Å². The summed E-state index contributed by atoms with van der Waals surface area (Å²) < 4.78 is 6.82. The van der Waals surface area contributed by atoms with Gasteiger partial charge in [0.05, 0.1) is 11.9 Å². The molecule has 0 unspecified atom stereocenters. The number of carbonyl (C=O) groups is 1. The van der Waals surface area contributed by atoms with Gasteiger partial charge < -0.3 is 9.84 Å². The molecular weight excluding hydrogens is 272 g/mol. The van der Waals surface area contributed by atoms with E-state index in [4.69, 9.17) is 4.74 Å². The van der Waals surface area contributed by atoms with E-state index in [1.54, 1.807) is 18.2 Å². The molecule has 7 nitrogen and oxygen atoms in total. The molecule has 2 heterocycles. The first-order chi connectivity index (χ1) is 10.2. The number of benzene rings is 1. The third kappa shape index (κ3) is 2.71. The number of aromatic nitrogens is 4. The Bertz CT molecular complexity index is 756. The Kier molecular flexibility index (Phi) is 3.30. The van der Waals surface area contributed by atoms with Crippen molar-refractivity contribution in [3.8, 4) is 17.4 Å². The highest BCUT2D eigenvalue weighted by atomic mass is 16.5. The molecule has 2 aromatic heterocycles. The van der Waals surface area contributed by atoms with Crippen LogP contribution in [-0.4, -0.2) is 30.8 Å². The molecule has 1 N–H and O–H groups in total. The summed E-state index contributed by atoms with van der Waals surface area (Å²) in [6.45, 7) is 0. The van der Waals surface area contributed by atoms with Gasteiger partial charge >= 0.3 is 12.0 Å². The molecule has 0 fully saturated rings. The van der Waals surface area contributed by atoms with Crippen molar-refractivity contribution in [3.63, 3.8) is 0 Å². The molecule has 7 heteroatoms. The average molecular weight is 282 g/mol. The van der Waals surface area contributed by atoms with E-state index in [2.05, 4.69) is 15.1 Å². The fraction of sp³-hybridized carbons (Fsp3) is 0. The Balaban J connectivity index is 2.00. The lowest BCUT2D eigenvalue weighted by Gasteiger charge is -2.00. The predicted molar refractivity (Wildman–Crippen MR) is 72.6 cm³/mol. The quantitative estimate of drug-likeness (QED) is 0.788. The van der Waals surface area contributed by atoms with Gasteiger partial charge in [0.1, 0.15) is 0 Å². The van der Waals surface area contributed by atoms with E-state index in [1.807, 2.05) is 18.2 Å². The van der Waals surface area contributed by atoms with Crippen LogP contribution in [0.25, 0.3) is 5.69 Å². The molecular formula is C14H10N4O3. The van der Waals surface area contributed by atoms with E-state index >= 15 is 0 Å². The summed E-state index contributed by atoms with van der Waals surface area (Å²) in [4.78, 5) is 19.0. The van der Waals surface area contributed by atoms with E-state index in [9.17, 15) is 9.90 Å². The third-order valence-electron chi connectivity index (χ3n) is 2.65. The maximum absolute atomic E-state index is 11.3. The molecule has 0 aliphatic rings. The van der Waals surface area contributed by atoms with Crippen LogP contribution in [0.4, 0.5) is 0 Å². The number of hydrogen-bond acceptors (Lipinski definition) is 5. The lowest BCUT2D eigenvalue weighted by Crippen LogP contribution is -2.02. The standard InChI is InChI=1S/C14H10N4O3/c19-13(20)12-11(21-14-15-7-4-8-16-14)9-18(17-12)10-5-2-1-3-6-10/h1-9H,(H,19,20). The summed E-state index contributed by atoms with van der Waals surface area (Å²) in [6.07, 6.45) is 4.49. The van der Waals surface area contributed by atoms with Crippen LogP contribution in [0, 0.1) is 0 Å². The van der Waals surface area contributed by atoms with Gasteiger partial charge in [0.2, 0.25) is 5.69 Å². The van der Waals surface area contributed by atoms with Gasteiger partial charge in [-0.2, -0.15) is 5.10 Å². The van der Waals surface area contributed by atoms with Crippen LogP contribution in [0.1, 0.15) is 10.5 Å². The normalized spacial score (nSPS) is 10.3. The van der Waals surface area contributed by atoms with Crippen LogP contribution >= 0.6 is 0 Å². The van der Waals surface area contributed by atoms with Crippen LogP contribution in [0.5, 0.6) is 11.8 Å². The number of hydrogen-bond donors (Lipinski definition) is 1. The molecule has 1 aromatic carbocycles. The zero-order valence-electron chi connectivity index (χ0n) is 10.7. The molecule has 0 atom stereocenters. The van der Waals surface area contributed by atoms with E-state index in [0.717, 1.165) is 5.69 Å². The van der Waals surface area contributed by atoms with Crippen molar-refractivity contribution in [2.24, 2.45) is 0 Å². The average Bonchev–Trinajstić information content (AvgIpc) is 2.93. The summed E-state index contributed by atoms with van der Waals surface area (Å²) in [5, 5.41) is 13.2. The Labute approximate surface area is 119 Å². The van der Waals surface area contributed by atoms with Crippen LogP contribution in [-0.2, 0) is 0 Å². The van der Waals surface area contributed by atoms with Crippen LogP contribution in [0.15, 0.2) is 55.0 Å². The van der Waals surface area contributed by atoms with E-state index in [-0.39, 0.29) is 17.5 Å². The van der Waals surface area contributed by atoms with Gasteiger partial charge in [0, 0.05) is 12.4 Å². The Morgan fingerprint density at radius 3 is 2.48 bits per heavy atom. The molecule has 0 radical (unpaired) electrons. The van der Waals surface area contributed by atoms with Gasteiger partial charge in [-0.15, -0.1) is 0 Å². The van der Waals surface area contributed by atoms with Crippen LogP contribution < -0.4 is 4.74 Å². The summed E-state index contributed by atoms with van der Waals surface area (Å²) in [5.41, 5.74) is 0.523. The van der Waals surface area contributed by atoms with E-state index < -0.39 is 5.97 Å². The smallest absolute Gasteiger partial charge is 0.360 e. The third-order valence-corrected chi connectivity index (χ3v) is 2.65. The Hall–Kier alpha value is -3.22. The second-order valence-electron chi connectivity index (χ2n) is 4.06. The maximum Gasteiger partial charge on any atom is 0.360 e. The number of aromatic carboxylic acids is 1. The summed E-state index contributed by atoms with van der Waals surface area (Å²) in [5.74, 6) is -1.10. The number of rotatable bonds is 4. The number of para-hydroxylation sites is 1. The minimum Gasteiger partial charge on any atom is -0.476 e. The Morgan fingerprint density at radius 1 is 1.10 bits per heavy atom. The molecule has 0 aliphatic heterocycles. The fourth-order valence-electron chi connectivity index (χ4n) is 1.73. The molecule has 0 saturated heterocycles. The second-order valence-corrected chi connectivity index (χ2v) is 4.06. The van der Waals surface area contributed by atoms with Crippen molar-refractivity contribution in [2.45, 2.75) is 0 Å². The minimum absolute atomic E-state index is 0.0626. The number of carboxylic acids is 1. The minimum atomic E-state index is -1.18. The predicted octanol–water partition coefficient (Wildman–Crippen LogP) is 2.15. The monoisotopic (exact) mass is 282 g/mol. The topological polar surface area (TPSA) is 90.1 Å². The van der Waals surface area contributed by atoms with E-state index in [0.29, 0.717) is 0 Å². The van der Waals surface area contributed by atoms with Crippen molar-refractivity contribution in [2.75, 3.05) is 0 Å². The molecule has 0 saturated carbocycles. The zero-order valence-corrected chi connectivity index (χ0v) is 10.7. The van der Waals surface area contributed by atoms with Crippen LogP contribution in [0.2, 0.25) is 0 Å². The molecule has 21 heavy (non-hydrogen) atoms. The fourth-order valence-corrected chi connectivity index (χ4v) is 1.73. The summed E-state index contributed by atoms with van der Waals surface area (Å²) >= 11 is 0. The number of nitrogens with zero attached hydrogens (tertiary/aromatic N) is 4. The molecule has 0 spiro atoms. The highest BCUT2D eigenvalue weighted by Crippen LogP contribution is 2.23. The van der Waals surface area contributed by atoms with Gasteiger partial charge in [-0.3, -0.25) is 0 Å². The van der Waals surface area contributed by atoms with Crippen molar-refractivity contribution in [1.82, 2.24) is 19.7 Å². The van der Waals surface area contributed by atoms with Gasteiger partial charge in [0.15, 0.2) is 5.75 Å². The van der Waals surface area contributed by atoms with Gasteiger partial charge in [-0.25, -0.2) is 19.4 Å². The zero-order chi connectivity index (χ0) is 14.7. The highest BCUT2D eigenvalue weighted by molar-refractivity contribution is 5.88. The summed E-state index contributed by atoms with van der Waals surface area (Å²) in [7, 11) is 0. The van der Waals surface area contributed by atoms with Crippen molar-refractivity contribution < 1.29 is 14.6 Å². The molecule has 0 amide bonds. The summed E-state index contributed by atoms with van der Waals surface area (Å²) in [6, 6.07) is 10.8. The van der Waals surface area contributed by atoms with Crippen molar-refractivity contribution in [1.29, 1.82) is 0 Å². The lowest BCUT2D eigenvalue weighted by molar-refractivity contribution is 0.0687. The number of ether oxygens (including phenoxy) is 1. The molecule has 3 rings (SSSR count). The lowest BCUT2D eigenvalue weighted by atomic mass is 10.3. The number of carboxylic acid groups (broad SMARTS) is 1. The molecule has 0 bridgehead atoms. The molecule has 3 aromatic rings. The SMILES string of the molecule is O=C(O)c1nn(-c2ccccc2)cc1Oc1ncccn1. The van der Waals surface area contributed by atoms with Gasteiger partial charge in [-0.1, -0.05) is 18.2 Å². The Morgan fingerprint density at radius 2 is 1.81 bits per heavy atom. The first-order valence-electron chi connectivity index (χ1n) is 6.07. The highest BCUT2D eigenvalue weighted by Gasteiger charge is 2.19. The van der Waals surface area contributed by atoms with Crippen molar-refractivity contribution >= 4 is 5.97 Å². The first kappa shape index (κ1) is 12.8. The maximum atomic E-state index is 11.3. The van der Waals surface area contributed by atoms with Gasteiger partial charge in [-0.05, 0) is 18.2 Å².